The normalized spacial score (nSPS) is 15.4. The lowest BCUT2D eigenvalue weighted by Gasteiger charge is -2.33. The number of hydrogen-bond donors (Lipinski definition) is 1. The first-order valence-corrected chi connectivity index (χ1v) is 8.21. The number of amides is 1. The van der Waals surface area contributed by atoms with Crippen molar-refractivity contribution in [3.63, 3.8) is 0 Å². The molecule has 0 bridgehead atoms. The van der Waals surface area contributed by atoms with E-state index in [2.05, 4.69) is 0 Å². The van der Waals surface area contributed by atoms with Gasteiger partial charge in [0.25, 0.3) is 0 Å². The summed E-state index contributed by atoms with van der Waals surface area (Å²) in [6.45, 7) is 7.94. The second kappa shape index (κ2) is 6.40. The van der Waals surface area contributed by atoms with Crippen LogP contribution < -0.4 is 15.2 Å². The van der Waals surface area contributed by atoms with Crippen LogP contribution in [0.15, 0.2) is 33.5 Å². The molecule has 1 N–H and O–H groups in total. The molecule has 2 aromatic rings. The minimum atomic E-state index is -1.07. The molecule has 3 rings (SSSR count). The van der Waals surface area contributed by atoms with E-state index in [0.29, 0.717) is 48.8 Å². The highest BCUT2D eigenvalue weighted by molar-refractivity contribution is 5.91. The fourth-order valence-corrected chi connectivity index (χ4v) is 2.99. The molecular weight excluding hydrogens is 324 g/mol. The molecule has 134 valence electrons. The Balaban J connectivity index is 2.05. The maximum absolute atomic E-state index is 12.6. The number of carbonyl (C=O) groups is 1. The van der Waals surface area contributed by atoms with Gasteiger partial charge in [0.1, 0.15) is 5.58 Å². The molecule has 1 fully saturated rings. The summed E-state index contributed by atoms with van der Waals surface area (Å²) in [7, 11) is 0. The van der Waals surface area contributed by atoms with E-state index in [9.17, 15) is 14.7 Å². The van der Waals surface area contributed by atoms with Gasteiger partial charge in [-0.1, -0.05) is 0 Å². The third-order valence-electron chi connectivity index (χ3n) is 4.14. The average Bonchev–Trinajstić information content (AvgIpc) is 2.54. The van der Waals surface area contributed by atoms with E-state index in [0.717, 1.165) is 0 Å². The number of benzene rings is 1. The summed E-state index contributed by atoms with van der Waals surface area (Å²) in [5.74, 6) is 0.513. The van der Waals surface area contributed by atoms with Crippen molar-refractivity contribution >= 4 is 28.6 Å². The van der Waals surface area contributed by atoms with Gasteiger partial charge in [0.15, 0.2) is 11.3 Å². The molecule has 7 heteroatoms. The Labute approximate surface area is 145 Å². The van der Waals surface area contributed by atoms with E-state index < -0.39 is 11.6 Å². The molecule has 1 aromatic heterocycles. The first kappa shape index (κ1) is 17.3. The van der Waals surface area contributed by atoms with Gasteiger partial charge in [-0.25, -0.2) is 4.79 Å². The molecule has 1 aromatic carbocycles. The number of anilines is 2. The largest absolute Gasteiger partial charge is 0.465 e. The molecule has 7 nitrogen and oxygen atoms in total. The lowest BCUT2D eigenvalue weighted by Crippen LogP contribution is -2.45. The van der Waals surface area contributed by atoms with Crippen molar-refractivity contribution in [2.45, 2.75) is 26.3 Å². The second-order valence-electron chi connectivity index (χ2n) is 7.02. The van der Waals surface area contributed by atoms with Crippen LogP contribution in [0.4, 0.5) is 16.4 Å². The number of fused-ring (bicyclic) bond motifs is 1. The quantitative estimate of drug-likeness (QED) is 0.900. The van der Waals surface area contributed by atoms with Gasteiger partial charge in [0.05, 0.1) is 18.6 Å². The molecule has 25 heavy (non-hydrogen) atoms. The predicted octanol–water partition coefficient (Wildman–Crippen LogP) is 2.91. The van der Waals surface area contributed by atoms with Crippen LogP contribution in [0, 0.1) is 0 Å². The van der Waals surface area contributed by atoms with Crippen LogP contribution in [0.5, 0.6) is 0 Å². The van der Waals surface area contributed by atoms with Crippen LogP contribution in [0.2, 0.25) is 0 Å². The number of morpholine rings is 1. The van der Waals surface area contributed by atoms with Crippen molar-refractivity contribution in [1.82, 2.24) is 0 Å². The number of ether oxygens (including phenoxy) is 1. The Bertz CT molecular complexity index is 847. The van der Waals surface area contributed by atoms with Gasteiger partial charge in [-0.15, -0.1) is 0 Å². The lowest BCUT2D eigenvalue weighted by atomic mass is 10.0. The molecule has 0 saturated carbocycles. The lowest BCUT2D eigenvalue weighted by molar-refractivity contribution is 0.121. The molecule has 0 atom stereocenters. The van der Waals surface area contributed by atoms with Gasteiger partial charge >= 0.3 is 6.09 Å². The predicted molar refractivity (Wildman–Crippen MR) is 95.8 cm³/mol. The first-order chi connectivity index (χ1) is 11.8. The molecule has 1 aliphatic heterocycles. The van der Waals surface area contributed by atoms with Crippen LogP contribution in [-0.4, -0.2) is 43.0 Å². The van der Waals surface area contributed by atoms with E-state index in [-0.39, 0.29) is 5.43 Å². The van der Waals surface area contributed by atoms with Crippen molar-refractivity contribution in [2.24, 2.45) is 0 Å². The number of hydrogen-bond acceptors (Lipinski definition) is 5. The summed E-state index contributed by atoms with van der Waals surface area (Å²) >= 11 is 0. The second-order valence-corrected chi connectivity index (χ2v) is 7.02. The average molecular weight is 346 g/mol. The van der Waals surface area contributed by atoms with Gasteiger partial charge in [0.2, 0.25) is 0 Å². The minimum Gasteiger partial charge on any atom is -0.465 e. The third-order valence-corrected chi connectivity index (χ3v) is 4.14. The summed E-state index contributed by atoms with van der Waals surface area (Å²) in [4.78, 5) is 27.4. The van der Waals surface area contributed by atoms with Crippen molar-refractivity contribution in [2.75, 3.05) is 36.1 Å². The number of rotatable bonds is 2. The Kier molecular flexibility index (Phi) is 4.43. The minimum absolute atomic E-state index is 0.191. The van der Waals surface area contributed by atoms with E-state index >= 15 is 0 Å². The van der Waals surface area contributed by atoms with Crippen molar-refractivity contribution in [3.05, 3.63) is 34.5 Å². The monoisotopic (exact) mass is 346 g/mol. The van der Waals surface area contributed by atoms with Crippen LogP contribution >= 0.6 is 0 Å². The summed E-state index contributed by atoms with van der Waals surface area (Å²) in [6.07, 6.45) is -1.07. The number of nitrogens with zero attached hydrogens (tertiary/aromatic N) is 2. The highest BCUT2D eigenvalue weighted by Crippen LogP contribution is 2.28. The highest BCUT2D eigenvalue weighted by Gasteiger charge is 2.28. The molecule has 0 unspecified atom stereocenters. The van der Waals surface area contributed by atoms with Crippen molar-refractivity contribution in [1.29, 1.82) is 0 Å². The van der Waals surface area contributed by atoms with Crippen LogP contribution in [-0.2, 0) is 4.74 Å². The van der Waals surface area contributed by atoms with Crippen LogP contribution in [0.1, 0.15) is 20.8 Å². The SMILES string of the molecule is CC(C)(C)N(C(=O)O)c1ccc2oc(N3CCOCC3)cc(=O)c2c1. The molecule has 1 saturated heterocycles. The zero-order valence-corrected chi connectivity index (χ0v) is 14.6. The summed E-state index contributed by atoms with van der Waals surface area (Å²) in [5.41, 5.74) is 0.0627. The molecular formula is C18H22N2O5. The smallest absolute Gasteiger partial charge is 0.412 e. The molecule has 2 heterocycles. The Morgan fingerprint density at radius 1 is 1.20 bits per heavy atom. The summed E-state index contributed by atoms with van der Waals surface area (Å²) in [5, 5.41) is 9.89. The zero-order chi connectivity index (χ0) is 18.2. The van der Waals surface area contributed by atoms with Crippen molar-refractivity contribution < 1.29 is 19.1 Å². The fraction of sp³-hybridized carbons (Fsp3) is 0.444. The van der Waals surface area contributed by atoms with Gasteiger partial charge in [0, 0.05) is 30.4 Å². The van der Waals surface area contributed by atoms with E-state index in [1.165, 1.54) is 11.0 Å². The standard InChI is InChI=1S/C18H22N2O5/c1-18(2,3)20(17(22)23)12-4-5-15-13(10-12)14(21)11-16(25-15)19-6-8-24-9-7-19/h4-5,10-11H,6-9H2,1-3H3,(H,22,23). The van der Waals surface area contributed by atoms with E-state index in [1.54, 1.807) is 39.0 Å². The van der Waals surface area contributed by atoms with Gasteiger partial charge in [-0.05, 0) is 39.0 Å². The van der Waals surface area contributed by atoms with Gasteiger partial charge in [-0.3, -0.25) is 9.69 Å². The van der Waals surface area contributed by atoms with Crippen LogP contribution in [0.25, 0.3) is 11.0 Å². The molecule has 1 amide bonds. The number of carboxylic acid groups (broad SMARTS) is 1. The topological polar surface area (TPSA) is 83.2 Å². The van der Waals surface area contributed by atoms with E-state index in [4.69, 9.17) is 9.15 Å². The fourth-order valence-electron chi connectivity index (χ4n) is 2.99. The van der Waals surface area contributed by atoms with Gasteiger partial charge < -0.3 is 19.2 Å². The molecule has 1 aliphatic rings. The van der Waals surface area contributed by atoms with Crippen molar-refractivity contribution in [3.8, 4) is 0 Å². The molecule has 0 radical (unpaired) electrons. The Morgan fingerprint density at radius 3 is 2.48 bits per heavy atom. The maximum Gasteiger partial charge on any atom is 0.412 e. The van der Waals surface area contributed by atoms with Gasteiger partial charge in [-0.2, -0.15) is 0 Å². The Hall–Kier alpha value is -2.54. The maximum atomic E-state index is 12.6. The molecule has 0 spiro atoms. The Morgan fingerprint density at radius 2 is 1.88 bits per heavy atom. The first-order valence-electron chi connectivity index (χ1n) is 8.21. The summed E-state index contributed by atoms with van der Waals surface area (Å²) in [6, 6.07) is 6.34. The van der Waals surface area contributed by atoms with E-state index in [1.807, 2.05) is 4.90 Å². The summed E-state index contributed by atoms with van der Waals surface area (Å²) < 4.78 is 11.2. The highest BCUT2D eigenvalue weighted by atomic mass is 16.5. The van der Waals surface area contributed by atoms with Crippen LogP contribution in [0.3, 0.4) is 0 Å². The third kappa shape index (κ3) is 3.46. The molecule has 0 aliphatic carbocycles. The zero-order valence-electron chi connectivity index (χ0n) is 14.6.